The quantitative estimate of drug-likeness (QED) is 0.361. The molecule has 0 fully saturated rings. The number of halogens is 1. The van der Waals surface area contributed by atoms with Crippen molar-refractivity contribution < 1.29 is 18.7 Å². The topological polar surface area (TPSA) is 65.4 Å². The second kappa shape index (κ2) is 10.6. The van der Waals surface area contributed by atoms with Crippen molar-refractivity contribution in [1.29, 1.82) is 0 Å². The summed E-state index contributed by atoms with van der Waals surface area (Å²) in [6.07, 6.45) is 3.31. The van der Waals surface area contributed by atoms with Crippen molar-refractivity contribution in [1.82, 2.24) is 9.55 Å². The Morgan fingerprint density at radius 2 is 1.82 bits per heavy atom. The number of hydrogen-bond acceptors (Lipinski definition) is 5. The Morgan fingerprint density at radius 3 is 2.45 bits per heavy atom. The molecule has 4 rings (SSSR count). The number of hydrogen-bond donors (Lipinski definition) is 1. The summed E-state index contributed by atoms with van der Waals surface area (Å²) in [5.74, 6) is -0.189. The van der Waals surface area contributed by atoms with E-state index in [0.717, 1.165) is 22.4 Å². The van der Waals surface area contributed by atoms with Gasteiger partial charge < -0.3 is 19.4 Å². The van der Waals surface area contributed by atoms with Crippen LogP contribution in [0.15, 0.2) is 60.9 Å². The molecule has 0 saturated carbocycles. The maximum Gasteiger partial charge on any atom is 0.356 e. The molecule has 1 N–H and O–H groups in total. The van der Waals surface area contributed by atoms with E-state index in [0.29, 0.717) is 23.3 Å². The molecule has 0 saturated heterocycles. The average molecular weight is 450 g/mol. The zero-order valence-electron chi connectivity index (χ0n) is 19.5. The van der Waals surface area contributed by atoms with Crippen LogP contribution >= 0.6 is 0 Å². The van der Waals surface area contributed by atoms with Gasteiger partial charge in [0.2, 0.25) is 0 Å². The Kier molecular flexibility index (Phi) is 7.66. The fourth-order valence-electron chi connectivity index (χ4n) is 3.57. The Hall–Kier alpha value is -3.87. The third-order valence-corrected chi connectivity index (χ3v) is 5.13. The number of rotatable bonds is 6. The number of aromatic nitrogens is 2. The Labute approximate surface area is 193 Å². The maximum atomic E-state index is 14.6. The Balaban J connectivity index is 0.00000149. The minimum atomic E-state index is -0.528. The van der Waals surface area contributed by atoms with Crippen LogP contribution in [-0.2, 0) is 11.3 Å². The van der Waals surface area contributed by atoms with Crippen LogP contribution in [0, 0.1) is 12.7 Å². The molecule has 0 atom stereocenters. The van der Waals surface area contributed by atoms with Crippen LogP contribution in [0.5, 0.6) is 5.75 Å². The number of carbonyl (C=O) groups is 1. The first kappa shape index (κ1) is 23.8. The van der Waals surface area contributed by atoms with E-state index in [9.17, 15) is 9.18 Å². The number of nitrogens with one attached hydrogen (secondary N) is 1. The molecule has 4 aromatic rings. The summed E-state index contributed by atoms with van der Waals surface area (Å²) >= 11 is 0. The lowest BCUT2D eigenvalue weighted by molar-refractivity contribution is 0.0591. The second-order valence-corrected chi connectivity index (χ2v) is 7.15. The lowest BCUT2D eigenvalue weighted by atomic mass is 10.2. The molecular weight excluding hydrogens is 421 g/mol. The third kappa shape index (κ3) is 4.98. The van der Waals surface area contributed by atoms with Crippen molar-refractivity contribution in [2.75, 3.05) is 19.5 Å². The molecule has 6 nitrogen and oxygen atoms in total. The van der Waals surface area contributed by atoms with E-state index < -0.39 is 11.8 Å². The van der Waals surface area contributed by atoms with Crippen molar-refractivity contribution in [3.05, 3.63) is 83.6 Å². The van der Waals surface area contributed by atoms with Crippen molar-refractivity contribution >= 4 is 28.2 Å². The number of esters is 1. The molecule has 0 aliphatic carbocycles. The Bertz CT molecular complexity index is 1250. The summed E-state index contributed by atoms with van der Waals surface area (Å²) in [6, 6.07) is 14.3. The predicted molar refractivity (Wildman–Crippen MR) is 129 cm³/mol. The van der Waals surface area contributed by atoms with E-state index >= 15 is 0 Å². The van der Waals surface area contributed by atoms with Gasteiger partial charge in [0, 0.05) is 24.3 Å². The number of aryl methyl sites for hydroxylation is 1. The van der Waals surface area contributed by atoms with Crippen LogP contribution in [0.3, 0.4) is 0 Å². The van der Waals surface area contributed by atoms with E-state index in [1.165, 1.54) is 13.2 Å². The van der Waals surface area contributed by atoms with Gasteiger partial charge in [-0.2, -0.15) is 0 Å². The largest absolute Gasteiger partial charge is 0.497 e. The van der Waals surface area contributed by atoms with Crippen LogP contribution in [0.2, 0.25) is 0 Å². The van der Waals surface area contributed by atoms with Crippen LogP contribution in [0.4, 0.5) is 15.8 Å². The van der Waals surface area contributed by atoms with Gasteiger partial charge in [0.1, 0.15) is 11.6 Å². The van der Waals surface area contributed by atoms with Crippen molar-refractivity contribution in [3.63, 3.8) is 0 Å². The molecule has 7 heteroatoms. The monoisotopic (exact) mass is 449 g/mol. The molecule has 0 radical (unpaired) electrons. The standard InChI is InChI=1S/C24H22FN3O3.C2H6/c1-15-4-9-20(19(25)12-15)27-22-18-13-26-11-10-21(18)28(23(22)24(29)31-3)14-16-5-7-17(30-2)8-6-16;1-2/h4-13,27H,14H2,1-3H3;1-2H3. The zero-order valence-corrected chi connectivity index (χ0v) is 19.5. The van der Waals surface area contributed by atoms with Crippen LogP contribution < -0.4 is 10.1 Å². The number of pyridine rings is 1. The molecule has 2 heterocycles. The number of nitrogens with zero attached hydrogens (tertiary/aromatic N) is 2. The molecule has 0 unspecified atom stereocenters. The van der Waals surface area contributed by atoms with Crippen LogP contribution in [0.25, 0.3) is 10.9 Å². The van der Waals surface area contributed by atoms with Crippen LogP contribution in [-0.4, -0.2) is 29.7 Å². The first-order valence-electron chi connectivity index (χ1n) is 10.7. The van der Waals surface area contributed by atoms with E-state index in [1.807, 2.05) is 55.7 Å². The lowest BCUT2D eigenvalue weighted by Gasteiger charge is -2.13. The molecule has 0 spiro atoms. The van der Waals surface area contributed by atoms with Crippen molar-refractivity contribution in [3.8, 4) is 5.75 Å². The normalized spacial score (nSPS) is 10.4. The highest BCUT2D eigenvalue weighted by molar-refractivity contribution is 6.07. The fourth-order valence-corrected chi connectivity index (χ4v) is 3.57. The first-order valence-corrected chi connectivity index (χ1v) is 10.7. The maximum absolute atomic E-state index is 14.6. The highest BCUT2D eigenvalue weighted by Crippen LogP contribution is 2.35. The summed E-state index contributed by atoms with van der Waals surface area (Å²) in [4.78, 5) is 17.0. The molecular formula is C26H28FN3O3. The van der Waals surface area contributed by atoms with Gasteiger partial charge >= 0.3 is 5.97 Å². The van der Waals surface area contributed by atoms with E-state index in [2.05, 4.69) is 10.3 Å². The van der Waals surface area contributed by atoms with E-state index in [-0.39, 0.29) is 5.69 Å². The number of benzene rings is 2. The third-order valence-electron chi connectivity index (χ3n) is 5.13. The summed E-state index contributed by atoms with van der Waals surface area (Å²) in [6.45, 7) is 6.23. The summed E-state index contributed by atoms with van der Waals surface area (Å²) in [5, 5.41) is 3.79. The van der Waals surface area contributed by atoms with Gasteiger partial charge in [-0.1, -0.05) is 32.0 Å². The van der Waals surface area contributed by atoms with E-state index in [1.54, 1.807) is 31.6 Å². The summed E-state index contributed by atoms with van der Waals surface area (Å²) < 4.78 is 26.7. The summed E-state index contributed by atoms with van der Waals surface area (Å²) in [7, 11) is 2.94. The second-order valence-electron chi connectivity index (χ2n) is 7.15. The number of carbonyl (C=O) groups excluding carboxylic acids is 1. The van der Waals surface area contributed by atoms with Gasteiger partial charge in [-0.25, -0.2) is 9.18 Å². The number of fused-ring (bicyclic) bond motifs is 1. The fraction of sp³-hybridized carbons (Fsp3) is 0.231. The molecule has 2 aromatic carbocycles. The molecule has 0 amide bonds. The predicted octanol–water partition coefficient (Wildman–Crippen LogP) is 6.10. The van der Waals surface area contributed by atoms with E-state index in [4.69, 9.17) is 9.47 Å². The molecule has 172 valence electrons. The average Bonchev–Trinajstić information content (AvgIpc) is 3.15. The lowest BCUT2D eigenvalue weighted by Crippen LogP contribution is -2.13. The Morgan fingerprint density at radius 1 is 1.09 bits per heavy atom. The van der Waals surface area contributed by atoms with Crippen LogP contribution in [0.1, 0.15) is 35.5 Å². The smallest absolute Gasteiger partial charge is 0.356 e. The van der Waals surface area contributed by atoms with Gasteiger partial charge in [0.05, 0.1) is 31.1 Å². The van der Waals surface area contributed by atoms with Gasteiger partial charge in [-0.15, -0.1) is 0 Å². The minimum Gasteiger partial charge on any atom is -0.497 e. The van der Waals surface area contributed by atoms with Gasteiger partial charge in [0.15, 0.2) is 5.69 Å². The number of methoxy groups -OCH3 is 2. The van der Waals surface area contributed by atoms with Crippen molar-refractivity contribution in [2.45, 2.75) is 27.3 Å². The molecule has 0 bridgehead atoms. The van der Waals surface area contributed by atoms with Gasteiger partial charge in [0.25, 0.3) is 0 Å². The number of anilines is 2. The molecule has 0 aliphatic rings. The highest BCUT2D eigenvalue weighted by Gasteiger charge is 2.24. The SMILES string of the molecule is CC.COC(=O)c1c(Nc2ccc(C)cc2F)c2cnccc2n1Cc1ccc(OC)cc1. The summed E-state index contributed by atoms with van der Waals surface area (Å²) in [5.41, 5.74) is 3.56. The van der Waals surface area contributed by atoms with Gasteiger partial charge in [-0.3, -0.25) is 4.98 Å². The first-order chi connectivity index (χ1) is 16.0. The van der Waals surface area contributed by atoms with Gasteiger partial charge in [-0.05, 0) is 48.4 Å². The number of ether oxygens (including phenoxy) is 2. The minimum absolute atomic E-state index is 0.267. The molecule has 0 aliphatic heterocycles. The van der Waals surface area contributed by atoms with Crippen molar-refractivity contribution in [2.24, 2.45) is 0 Å². The zero-order chi connectivity index (χ0) is 24.0. The highest BCUT2D eigenvalue weighted by atomic mass is 19.1. The molecule has 33 heavy (non-hydrogen) atoms. The molecule has 2 aromatic heterocycles.